The minimum Gasteiger partial charge on any atom is -0.508 e. The molecule has 1 aliphatic rings. The Bertz CT molecular complexity index is 385. The molecule has 0 heterocycles. The molecule has 0 bridgehead atoms. The second-order valence-corrected chi connectivity index (χ2v) is 4.33. The molecule has 0 unspecified atom stereocenters. The van der Waals surface area contributed by atoms with E-state index in [9.17, 15) is 9.90 Å². The lowest BCUT2D eigenvalue weighted by Crippen LogP contribution is -2.49. The summed E-state index contributed by atoms with van der Waals surface area (Å²) in [6.07, 6.45) is 3.53. The Morgan fingerprint density at radius 3 is 2.50 bits per heavy atom. The Labute approximate surface area is 95.5 Å². The minimum atomic E-state index is -0.536. The summed E-state index contributed by atoms with van der Waals surface area (Å²) in [4.78, 5) is 12.1. The van der Waals surface area contributed by atoms with Crippen LogP contribution in [0, 0.1) is 0 Å². The summed E-state index contributed by atoms with van der Waals surface area (Å²) in [5.41, 5.74) is 0.420. The van der Waals surface area contributed by atoms with Gasteiger partial charge in [-0.1, -0.05) is 18.6 Å². The zero-order valence-electron chi connectivity index (χ0n) is 9.49. The molecule has 16 heavy (non-hydrogen) atoms. The lowest BCUT2D eigenvalue weighted by Gasteiger charge is -2.36. The van der Waals surface area contributed by atoms with Gasteiger partial charge in [-0.2, -0.15) is 0 Å². The monoisotopic (exact) mass is 219 g/mol. The Morgan fingerprint density at radius 1 is 1.25 bits per heavy atom. The highest BCUT2D eigenvalue weighted by molar-refractivity contribution is 5.90. The maximum atomic E-state index is 12.1. The van der Waals surface area contributed by atoms with Crippen molar-refractivity contribution in [2.24, 2.45) is 0 Å². The van der Waals surface area contributed by atoms with Crippen LogP contribution in [0.5, 0.6) is 5.75 Å². The van der Waals surface area contributed by atoms with Crippen molar-refractivity contribution in [3.05, 3.63) is 29.8 Å². The van der Waals surface area contributed by atoms with Crippen LogP contribution in [0.4, 0.5) is 0 Å². The van der Waals surface area contributed by atoms with Gasteiger partial charge in [-0.15, -0.1) is 0 Å². The molecule has 2 N–H and O–H groups in total. The van der Waals surface area contributed by atoms with E-state index in [1.54, 1.807) is 12.1 Å². The van der Waals surface area contributed by atoms with Crippen LogP contribution in [0.25, 0.3) is 0 Å². The van der Waals surface area contributed by atoms with Crippen LogP contribution >= 0.6 is 0 Å². The number of likely N-dealkylation sites (N-methyl/N-ethyl adjacent to an activating group) is 1. The van der Waals surface area contributed by atoms with E-state index < -0.39 is 5.54 Å². The molecular formula is C13H17NO2. The topological polar surface area (TPSA) is 49.3 Å². The summed E-state index contributed by atoms with van der Waals surface area (Å²) in [5, 5.41) is 12.4. The largest absolute Gasteiger partial charge is 0.508 e. The van der Waals surface area contributed by atoms with Gasteiger partial charge in [0.2, 0.25) is 0 Å². The van der Waals surface area contributed by atoms with Crippen LogP contribution in [-0.2, 0) is 10.3 Å². The second kappa shape index (κ2) is 4.26. The first kappa shape index (κ1) is 11.1. The molecule has 1 aliphatic carbocycles. The van der Waals surface area contributed by atoms with Crippen molar-refractivity contribution in [3.8, 4) is 5.75 Å². The zero-order chi connectivity index (χ0) is 11.6. The number of rotatable bonds is 2. The van der Waals surface area contributed by atoms with Crippen molar-refractivity contribution in [2.75, 3.05) is 7.05 Å². The number of aromatic hydroxyl groups is 1. The van der Waals surface area contributed by atoms with Gasteiger partial charge in [-0.05, 0) is 37.6 Å². The molecule has 1 atom stereocenters. The summed E-state index contributed by atoms with van der Waals surface area (Å²) < 4.78 is 0. The van der Waals surface area contributed by atoms with Gasteiger partial charge in [-0.3, -0.25) is 4.79 Å². The number of phenolic OH excluding ortho intramolecular Hbond substituents is 1. The highest BCUT2D eigenvalue weighted by atomic mass is 16.3. The quantitative estimate of drug-likeness (QED) is 0.799. The van der Waals surface area contributed by atoms with E-state index in [2.05, 4.69) is 5.32 Å². The zero-order valence-corrected chi connectivity index (χ0v) is 9.49. The van der Waals surface area contributed by atoms with E-state index in [4.69, 9.17) is 0 Å². The molecule has 0 saturated heterocycles. The maximum Gasteiger partial charge on any atom is 0.157 e. The van der Waals surface area contributed by atoms with Crippen LogP contribution in [0.2, 0.25) is 0 Å². The number of nitrogens with one attached hydrogen (secondary N) is 1. The predicted molar refractivity (Wildman–Crippen MR) is 62.3 cm³/mol. The van der Waals surface area contributed by atoms with Gasteiger partial charge in [0.05, 0.1) is 0 Å². The van der Waals surface area contributed by atoms with Gasteiger partial charge < -0.3 is 10.4 Å². The van der Waals surface area contributed by atoms with Crippen LogP contribution in [0.15, 0.2) is 24.3 Å². The molecule has 2 rings (SSSR count). The third-order valence-electron chi connectivity index (χ3n) is 3.47. The SMILES string of the molecule is CN[C@@]1(c2ccc(O)cc2)CCCCC1=O. The lowest BCUT2D eigenvalue weighted by atomic mass is 9.75. The van der Waals surface area contributed by atoms with E-state index in [1.165, 1.54) is 0 Å². The number of hydrogen-bond donors (Lipinski definition) is 2. The summed E-state index contributed by atoms with van der Waals surface area (Å²) in [6.45, 7) is 0. The lowest BCUT2D eigenvalue weighted by molar-refractivity contribution is -0.127. The second-order valence-electron chi connectivity index (χ2n) is 4.33. The van der Waals surface area contributed by atoms with Gasteiger partial charge in [0.1, 0.15) is 11.3 Å². The molecule has 0 radical (unpaired) electrons. The molecule has 1 fully saturated rings. The smallest absolute Gasteiger partial charge is 0.157 e. The molecule has 1 saturated carbocycles. The fourth-order valence-electron chi connectivity index (χ4n) is 2.49. The van der Waals surface area contributed by atoms with E-state index in [-0.39, 0.29) is 11.5 Å². The third-order valence-corrected chi connectivity index (χ3v) is 3.47. The average Bonchev–Trinajstić information content (AvgIpc) is 2.31. The van der Waals surface area contributed by atoms with Crippen molar-refractivity contribution < 1.29 is 9.90 Å². The molecular weight excluding hydrogens is 202 g/mol. The molecule has 0 amide bonds. The number of ketones is 1. The minimum absolute atomic E-state index is 0.235. The summed E-state index contributed by atoms with van der Waals surface area (Å²) in [6, 6.07) is 6.93. The summed E-state index contributed by atoms with van der Waals surface area (Å²) in [5.74, 6) is 0.491. The van der Waals surface area contributed by atoms with Crippen molar-refractivity contribution in [1.29, 1.82) is 0 Å². The fraction of sp³-hybridized carbons (Fsp3) is 0.462. The summed E-state index contributed by atoms with van der Waals surface area (Å²) in [7, 11) is 1.83. The first-order chi connectivity index (χ1) is 7.69. The molecule has 1 aromatic rings. The predicted octanol–water partition coefficient (Wildman–Crippen LogP) is 1.95. The standard InChI is InChI=1S/C13H17NO2/c1-14-13(9-3-2-4-12(13)16)10-5-7-11(15)8-6-10/h5-8,14-15H,2-4,9H2,1H3/t13-/m1/s1. The van der Waals surface area contributed by atoms with Crippen molar-refractivity contribution in [3.63, 3.8) is 0 Å². The molecule has 0 aromatic heterocycles. The number of hydrogen-bond acceptors (Lipinski definition) is 3. The van der Waals surface area contributed by atoms with E-state index in [1.807, 2.05) is 19.2 Å². The molecule has 3 heteroatoms. The Hall–Kier alpha value is -1.35. The van der Waals surface area contributed by atoms with E-state index >= 15 is 0 Å². The van der Waals surface area contributed by atoms with Gasteiger partial charge >= 0.3 is 0 Å². The van der Waals surface area contributed by atoms with Crippen LogP contribution in [0.3, 0.4) is 0 Å². The van der Waals surface area contributed by atoms with Gasteiger partial charge in [-0.25, -0.2) is 0 Å². The van der Waals surface area contributed by atoms with E-state index in [0.717, 1.165) is 24.8 Å². The molecule has 0 spiro atoms. The average molecular weight is 219 g/mol. The normalized spacial score (nSPS) is 25.7. The third kappa shape index (κ3) is 1.71. The Kier molecular flexibility index (Phi) is 2.97. The Morgan fingerprint density at radius 2 is 1.94 bits per heavy atom. The van der Waals surface area contributed by atoms with Crippen molar-refractivity contribution in [1.82, 2.24) is 5.32 Å². The number of carbonyl (C=O) groups is 1. The molecule has 0 aliphatic heterocycles. The number of phenols is 1. The van der Waals surface area contributed by atoms with Crippen LogP contribution in [0.1, 0.15) is 31.2 Å². The van der Waals surface area contributed by atoms with Gasteiger partial charge in [0, 0.05) is 6.42 Å². The highest BCUT2D eigenvalue weighted by Gasteiger charge is 2.39. The van der Waals surface area contributed by atoms with Crippen LogP contribution < -0.4 is 5.32 Å². The summed E-state index contributed by atoms with van der Waals surface area (Å²) >= 11 is 0. The first-order valence-corrected chi connectivity index (χ1v) is 5.71. The molecule has 86 valence electrons. The Balaban J connectivity index is 2.40. The fourth-order valence-corrected chi connectivity index (χ4v) is 2.49. The van der Waals surface area contributed by atoms with Crippen LogP contribution in [-0.4, -0.2) is 17.9 Å². The molecule has 3 nitrogen and oxygen atoms in total. The van der Waals surface area contributed by atoms with Gasteiger partial charge in [0.15, 0.2) is 5.78 Å². The number of Topliss-reactive ketones (excluding diaryl/α,β-unsaturated/α-hetero) is 1. The molecule has 1 aromatic carbocycles. The first-order valence-electron chi connectivity index (χ1n) is 5.71. The number of carbonyl (C=O) groups excluding carboxylic acids is 1. The number of benzene rings is 1. The van der Waals surface area contributed by atoms with Gasteiger partial charge in [0.25, 0.3) is 0 Å². The van der Waals surface area contributed by atoms with E-state index in [0.29, 0.717) is 6.42 Å². The van der Waals surface area contributed by atoms with Crippen molar-refractivity contribution >= 4 is 5.78 Å². The van der Waals surface area contributed by atoms with Crippen molar-refractivity contribution in [2.45, 2.75) is 31.2 Å². The highest BCUT2D eigenvalue weighted by Crippen LogP contribution is 2.34. The maximum absolute atomic E-state index is 12.1.